The molecule has 0 saturated carbocycles. The van der Waals surface area contributed by atoms with E-state index in [1.807, 2.05) is 24.3 Å². The van der Waals surface area contributed by atoms with Gasteiger partial charge in [-0.15, -0.1) is 0 Å². The van der Waals surface area contributed by atoms with Crippen LogP contribution in [-0.4, -0.2) is 16.8 Å². The van der Waals surface area contributed by atoms with E-state index in [1.165, 1.54) is 0 Å². The summed E-state index contributed by atoms with van der Waals surface area (Å²) in [6.07, 6.45) is 1.93. The molecule has 4 rings (SSSR count). The number of aromatic nitrogens is 1. The van der Waals surface area contributed by atoms with Gasteiger partial charge < -0.3 is 9.40 Å². The average Bonchev–Trinajstić information content (AvgIpc) is 3.21. The minimum absolute atomic E-state index is 0.138. The second-order valence-corrected chi connectivity index (χ2v) is 6.67. The molecule has 136 valence electrons. The highest BCUT2D eigenvalue weighted by Gasteiger charge is 2.18. The zero-order valence-electron chi connectivity index (χ0n) is 14.4. The minimum Gasteiger partial charge on any atom is -0.451 e. The largest absolute Gasteiger partial charge is 0.451 e. The molecule has 0 bridgehead atoms. The molecular weight excluding hydrogens is 366 g/mol. The van der Waals surface area contributed by atoms with Crippen molar-refractivity contribution in [3.8, 4) is 0 Å². The summed E-state index contributed by atoms with van der Waals surface area (Å²) in [6, 6.07) is 12.9. The van der Waals surface area contributed by atoms with Gasteiger partial charge in [0.25, 0.3) is 0 Å². The quantitative estimate of drug-likeness (QED) is 0.470. The lowest BCUT2D eigenvalue weighted by Crippen LogP contribution is -2.42. The molecule has 7 heteroatoms. The smallest absolute Gasteiger partial charge is 0.305 e. The fourth-order valence-corrected chi connectivity index (χ4v) is 3.26. The number of halogens is 1. The van der Waals surface area contributed by atoms with Gasteiger partial charge >= 0.3 is 5.91 Å². The summed E-state index contributed by atoms with van der Waals surface area (Å²) in [4.78, 5) is 27.7. The van der Waals surface area contributed by atoms with Crippen molar-refractivity contribution in [2.45, 2.75) is 13.3 Å². The van der Waals surface area contributed by atoms with Crippen molar-refractivity contribution in [3.05, 3.63) is 70.6 Å². The molecule has 0 atom stereocenters. The number of carbonyl (C=O) groups is 2. The van der Waals surface area contributed by atoms with Crippen LogP contribution in [0.3, 0.4) is 0 Å². The Morgan fingerprint density at radius 2 is 1.93 bits per heavy atom. The zero-order chi connectivity index (χ0) is 19.0. The van der Waals surface area contributed by atoms with Crippen LogP contribution in [0.1, 0.15) is 21.7 Å². The van der Waals surface area contributed by atoms with Crippen molar-refractivity contribution in [2.75, 3.05) is 0 Å². The number of furan rings is 1. The van der Waals surface area contributed by atoms with Gasteiger partial charge in [0.1, 0.15) is 5.58 Å². The monoisotopic (exact) mass is 381 g/mol. The lowest BCUT2D eigenvalue weighted by Gasteiger charge is -2.06. The Labute approximate surface area is 159 Å². The maximum Gasteiger partial charge on any atom is 0.305 e. The van der Waals surface area contributed by atoms with Crippen molar-refractivity contribution in [2.24, 2.45) is 0 Å². The van der Waals surface area contributed by atoms with Gasteiger partial charge in [-0.05, 0) is 36.8 Å². The van der Waals surface area contributed by atoms with Crippen LogP contribution < -0.4 is 10.9 Å². The molecule has 0 saturated heterocycles. The molecule has 0 aliphatic rings. The Bertz CT molecular complexity index is 1180. The summed E-state index contributed by atoms with van der Waals surface area (Å²) in [6.45, 7) is 1.77. The van der Waals surface area contributed by atoms with Crippen LogP contribution in [0.15, 0.2) is 53.1 Å². The molecule has 0 unspecified atom stereocenters. The van der Waals surface area contributed by atoms with Gasteiger partial charge in [0.2, 0.25) is 5.91 Å². The number of nitrogens with one attached hydrogen (secondary N) is 3. The van der Waals surface area contributed by atoms with E-state index in [1.54, 1.807) is 31.3 Å². The third kappa shape index (κ3) is 3.27. The number of amides is 2. The average molecular weight is 382 g/mol. The van der Waals surface area contributed by atoms with Crippen LogP contribution in [0.25, 0.3) is 21.9 Å². The molecule has 0 aliphatic heterocycles. The molecule has 0 fully saturated rings. The second kappa shape index (κ2) is 6.81. The van der Waals surface area contributed by atoms with Crippen LogP contribution in [0, 0.1) is 6.92 Å². The van der Waals surface area contributed by atoms with E-state index >= 15 is 0 Å². The fraction of sp³-hybridized carbons (Fsp3) is 0.100. The standard InChI is InChI=1S/C20H16ClN3O3/c1-11-15-9-13(21)6-7-17(15)27-19(11)20(26)24-23-18(25)8-12-10-22-16-5-3-2-4-14(12)16/h2-7,9-10,22H,8H2,1H3,(H,23,25)(H,24,26). The van der Waals surface area contributed by atoms with E-state index in [0.717, 1.165) is 21.9 Å². The number of hydrazine groups is 1. The van der Waals surface area contributed by atoms with E-state index in [-0.39, 0.29) is 18.1 Å². The first-order chi connectivity index (χ1) is 13.0. The molecule has 2 heterocycles. The van der Waals surface area contributed by atoms with Crippen molar-refractivity contribution >= 4 is 45.3 Å². The van der Waals surface area contributed by atoms with E-state index in [4.69, 9.17) is 16.0 Å². The molecule has 0 spiro atoms. The van der Waals surface area contributed by atoms with E-state index < -0.39 is 5.91 Å². The molecule has 4 aromatic rings. The molecule has 2 aromatic heterocycles. The fourth-order valence-electron chi connectivity index (χ4n) is 3.09. The Hall–Kier alpha value is -3.25. The Kier molecular flexibility index (Phi) is 4.33. The lowest BCUT2D eigenvalue weighted by molar-refractivity contribution is -0.121. The maximum absolute atomic E-state index is 12.4. The number of carbonyl (C=O) groups excluding carboxylic acids is 2. The first-order valence-corrected chi connectivity index (χ1v) is 8.73. The van der Waals surface area contributed by atoms with E-state index in [2.05, 4.69) is 15.8 Å². The molecular formula is C20H16ClN3O3. The van der Waals surface area contributed by atoms with Gasteiger partial charge in [-0.25, -0.2) is 0 Å². The van der Waals surface area contributed by atoms with Crippen molar-refractivity contribution < 1.29 is 14.0 Å². The molecule has 2 aromatic carbocycles. The highest BCUT2D eigenvalue weighted by atomic mass is 35.5. The number of aromatic amines is 1. The lowest BCUT2D eigenvalue weighted by atomic mass is 10.1. The zero-order valence-corrected chi connectivity index (χ0v) is 15.2. The number of benzene rings is 2. The Morgan fingerprint density at radius 3 is 2.78 bits per heavy atom. The Balaban J connectivity index is 1.44. The Morgan fingerprint density at radius 1 is 1.11 bits per heavy atom. The summed E-state index contributed by atoms with van der Waals surface area (Å²) >= 11 is 5.99. The molecule has 3 N–H and O–H groups in total. The van der Waals surface area contributed by atoms with E-state index in [0.29, 0.717) is 16.2 Å². The third-order valence-corrected chi connectivity index (χ3v) is 4.68. The van der Waals surface area contributed by atoms with Gasteiger partial charge in [0, 0.05) is 33.1 Å². The first kappa shape index (κ1) is 17.2. The normalized spacial score (nSPS) is 11.0. The van der Waals surface area contributed by atoms with E-state index in [9.17, 15) is 9.59 Å². The predicted molar refractivity (Wildman–Crippen MR) is 104 cm³/mol. The predicted octanol–water partition coefficient (Wildman–Crippen LogP) is 3.88. The third-order valence-electron chi connectivity index (χ3n) is 4.45. The summed E-state index contributed by atoms with van der Waals surface area (Å²) < 4.78 is 5.58. The minimum atomic E-state index is -0.521. The maximum atomic E-state index is 12.4. The molecule has 0 radical (unpaired) electrons. The summed E-state index contributed by atoms with van der Waals surface area (Å²) in [5.41, 5.74) is 7.87. The molecule has 27 heavy (non-hydrogen) atoms. The summed E-state index contributed by atoms with van der Waals surface area (Å²) in [7, 11) is 0. The summed E-state index contributed by atoms with van der Waals surface area (Å²) in [5.74, 6) is -0.711. The van der Waals surface area contributed by atoms with Crippen LogP contribution in [0.4, 0.5) is 0 Å². The van der Waals surface area contributed by atoms with Gasteiger partial charge in [-0.3, -0.25) is 20.4 Å². The molecule has 6 nitrogen and oxygen atoms in total. The second-order valence-electron chi connectivity index (χ2n) is 6.24. The van der Waals surface area contributed by atoms with Crippen LogP contribution in [0.5, 0.6) is 0 Å². The SMILES string of the molecule is Cc1c(C(=O)NNC(=O)Cc2c[nH]c3ccccc23)oc2ccc(Cl)cc12. The summed E-state index contributed by atoms with van der Waals surface area (Å²) in [5, 5.41) is 2.30. The van der Waals surface area contributed by atoms with Crippen molar-refractivity contribution in [1.82, 2.24) is 15.8 Å². The van der Waals surface area contributed by atoms with Gasteiger partial charge in [-0.2, -0.15) is 0 Å². The highest BCUT2D eigenvalue weighted by molar-refractivity contribution is 6.31. The van der Waals surface area contributed by atoms with Gasteiger partial charge in [0.15, 0.2) is 5.76 Å². The number of H-pyrrole nitrogens is 1. The topological polar surface area (TPSA) is 87.1 Å². The van der Waals surface area contributed by atoms with Gasteiger partial charge in [0.05, 0.1) is 6.42 Å². The highest BCUT2D eigenvalue weighted by Crippen LogP contribution is 2.27. The number of fused-ring (bicyclic) bond motifs is 2. The number of hydrogen-bond donors (Lipinski definition) is 3. The van der Waals surface area contributed by atoms with Gasteiger partial charge in [-0.1, -0.05) is 29.8 Å². The van der Waals surface area contributed by atoms with Crippen molar-refractivity contribution in [3.63, 3.8) is 0 Å². The number of hydrogen-bond acceptors (Lipinski definition) is 3. The number of rotatable bonds is 3. The molecule has 2 amide bonds. The van der Waals surface area contributed by atoms with Crippen LogP contribution in [-0.2, 0) is 11.2 Å². The number of aryl methyl sites for hydroxylation is 1. The molecule has 0 aliphatic carbocycles. The van der Waals surface area contributed by atoms with Crippen molar-refractivity contribution in [1.29, 1.82) is 0 Å². The first-order valence-electron chi connectivity index (χ1n) is 8.36. The van der Waals surface area contributed by atoms with Crippen LogP contribution >= 0.6 is 11.6 Å². The number of para-hydroxylation sites is 1. The van der Waals surface area contributed by atoms with Crippen LogP contribution in [0.2, 0.25) is 5.02 Å².